The number of carbonyl (C=O) groups excluding carboxylic acids is 1. The van der Waals surface area contributed by atoms with Gasteiger partial charge in [-0.1, -0.05) is 32.4 Å². The number of piperidine rings is 1. The van der Waals surface area contributed by atoms with Gasteiger partial charge in [-0.05, 0) is 69.4 Å². The summed E-state index contributed by atoms with van der Waals surface area (Å²) in [6, 6.07) is 0. The van der Waals surface area contributed by atoms with Gasteiger partial charge in [-0.3, -0.25) is 4.79 Å². The molecule has 6 heteroatoms. The molecule has 0 radical (unpaired) electrons. The van der Waals surface area contributed by atoms with Crippen molar-refractivity contribution in [3.05, 3.63) is 23.4 Å². The first-order valence-corrected chi connectivity index (χ1v) is 11.4. The normalized spacial score (nSPS) is 26.7. The first-order chi connectivity index (χ1) is 13.9. The molecule has 2 heterocycles. The number of aryl methyl sites for hydroxylation is 1. The van der Waals surface area contributed by atoms with Crippen LogP contribution in [0, 0.1) is 29.6 Å². The maximum absolute atomic E-state index is 11.4. The van der Waals surface area contributed by atoms with Crippen LogP contribution in [0.15, 0.2) is 16.1 Å². The molecule has 1 saturated heterocycles. The van der Waals surface area contributed by atoms with Gasteiger partial charge in [-0.2, -0.15) is 0 Å². The molecule has 3 unspecified atom stereocenters. The monoisotopic (exact) mass is 402 g/mol. The minimum absolute atomic E-state index is 0.0622. The number of hydrogen-bond acceptors (Lipinski definition) is 5. The molecule has 162 valence electrons. The van der Waals surface area contributed by atoms with Crippen LogP contribution < -0.4 is 5.73 Å². The summed E-state index contributed by atoms with van der Waals surface area (Å²) in [4.78, 5) is 14.0. The maximum atomic E-state index is 11.4. The second-order valence-corrected chi connectivity index (χ2v) is 9.44. The van der Waals surface area contributed by atoms with Crippen molar-refractivity contribution in [1.29, 1.82) is 0 Å². The highest BCUT2D eigenvalue weighted by Gasteiger charge is 2.34. The Morgan fingerprint density at radius 3 is 2.59 bits per heavy atom. The summed E-state index contributed by atoms with van der Waals surface area (Å²) in [6.07, 6.45) is 8.20. The standard InChI is InChI=1S/C23H38N4O2/c1-5-6-21-25-26-22(29-21)13-18-12-20(15(2)3)19(11-16(18)4)14-27-9-7-17(8-10-27)23(24)28/h11,15,17-20H,5-10,12-14H2,1-4H3,(H2,24,28). The van der Waals surface area contributed by atoms with E-state index in [4.69, 9.17) is 10.2 Å². The molecule has 1 aliphatic heterocycles. The molecule has 0 spiro atoms. The first-order valence-electron chi connectivity index (χ1n) is 11.4. The lowest BCUT2D eigenvalue weighted by Gasteiger charge is -2.40. The van der Waals surface area contributed by atoms with E-state index in [0.29, 0.717) is 23.7 Å². The van der Waals surface area contributed by atoms with Crippen LogP contribution in [0.2, 0.25) is 0 Å². The second-order valence-electron chi connectivity index (χ2n) is 9.44. The van der Waals surface area contributed by atoms with E-state index in [1.807, 2.05) is 0 Å². The van der Waals surface area contributed by atoms with Crippen LogP contribution in [-0.2, 0) is 17.6 Å². The third-order valence-electron chi connectivity index (χ3n) is 6.94. The molecule has 1 aromatic rings. The van der Waals surface area contributed by atoms with Crippen LogP contribution >= 0.6 is 0 Å². The van der Waals surface area contributed by atoms with Crippen molar-refractivity contribution in [1.82, 2.24) is 15.1 Å². The van der Waals surface area contributed by atoms with Gasteiger partial charge in [0.05, 0.1) is 0 Å². The fourth-order valence-electron chi connectivity index (χ4n) is 5.08. The summed E-state index contributed by atoms with van der Waals surface area (Å²) in [5.41, 5.74) is 6.94. The van der Waals surface area contributed by atoms with Crippen molar-refractivity contribution in [3.8, 4) is 0 Å². The molecule has 0 saturated carbocycles. The molecule has 6 nitrogen and oxygen atoms in total. The maximum Gasteiger partial charge on any atom is 0.220 e. The van der Waals surface area contributed by atoms with Gasteiger partial charge in [0, 0.05) is 25.3 Å². The van der Waals surface area contributed by atoms with E-state index in [-0.39, 0.29) is 11.8 Å². The van der Waals surface area contributed by atoms with Crippen molar-refractivity contribution >= 4 is 5.91 Å². The SMILES string of the molecule is CCCc1nnc(CC2CC(C(C)C)C(CN3CCC(C(N)=O)CC3)C=C2C)o1. The zero-order valence-electron chi connectivity index (χ0n) is 18.6. The van der Waals surface area contributed by atoms with Crippen molar-refractivity contribution in [2.75, 3.05) is 19.6 Å². The summed E-state index contributed by atoms with van der Waals surface area (Å²) in [6.45, 7) is 12.1. The Labute approximate surface area is 175 Å². The molecule has 0 bridgehead atoms. The van der Waals surface area contributed by atoms with Gasteiger partial charge >= 0.3 is 0 Å². The van der Waals surface area contributed by atoms with E-state index in [1.54, 1.807) is 0 Å². The fourth-order valence-corrected chi connectivity index (χ4v) is 5.08. The van der Waals surface area contributed by atoms with Crippen LogP contribution in [0.4, 0.5) is 0 Å². The van der Waals surface area contributed by atoms with Gasteiger partial charge in [0.1, 0.15) is 0 Å². The van der Waals surface area contributed by atoms with Crippen molar-refractivity contribution in [2.24, 2.45) is 35.3 Å². The fraction of sp³-hybridized carbons (Fsp3) is 0.783. The van der Waals surface area contributed by atoms with Crippen LogP contribution in [0.5, 0.6) is 0 Å². The molecule has 2 aliphatic rings. The Hall–Kier alpha value is -1.69. The first kappa shape index (κ1) is 22.0. The smallest absolute Gasteiger partial charge is 0.220 e. The molecule has 1 aromatic heterocycles. The molecule has 3 atom stereocenters. The van der Waals surface area contributed by atoms with Crippen LogP contribution in [0.1, 0.15) is 65.2 Å². The zero-order chi connectivity index (χ0) is 21.0. The van der Waals surface area contributed by atoms with Gasteiger partial charge in [0.2, 0.25) is 17.7 Å². The van der Waals surface area contributed by atoms with Crippen LogP contribution in [-0.4, -0.2) is 40.6 Å². The molecule has 1 aliphatic carbocycles. The predicted octanol–water partition coefficient (Wildman–Crippen LogP) is 3.62. The highest BCUT2D eigenvalue weighted by atomic mass is 16.4. The van der Waals surface area contributed by atoms with Gasteiger partial charge in [0.25, 0.3) is 0 Å². The molecular weight excluding hydrogens is 364 g/mol. The Morgan fingerprint density at radius 2 is 1.97 bits per heavy atom. The number of likely N-dealkylation sites (tertiary alicyclic amines) is 1. The number of nitrogens with zero attached hydrogens (tertiary/aromatic N) is 3. The highest BCUT2D eigenvalue weighted by Crippen LogP contribution is 2.39. The van der Waals surface area contributed by atoms with E-state index in [2.05, 4.69) is 48.9 Å². The van der Waals surface area contributed by atoms with Gasteiger partial charge in [0.15, 0.2) is 0 Å². The average molecular weight is 403 g/mol. The van der Waals surface area contributed by atoms with E-state index in [1.165, 1.54) is 12.0 Å². The van der Waals surface area contributed by atoms with E-state index < -0.39 is 0 Å². The number of aromatic nitrogens is 2. The molecule has 2 N–H and O–H groups in total. The largest absolute Gasteiger partial charge is 0.425 e. The molecule has 0 aromatic carbocycles. The summed E-state index contributed by atoms with van der Waals surface area (Å²) in [5, 5.41) is 8.46. The zero-order valence-corrected chi connectivity index (χ0v) is 18.6. The van der Waals surface area contributed by atoms with Crippen molar-refractivity contribution < 1.29 is 9.21 Å². The summed E-state index contributed by atoms with van der Waals surface area (Å²) < 4.78 is 5.85. The highest BCUT2D eigenvalue weighted by molar-refractivity contribution is 5.76. The van der Waals surface area contributed by atoms with Crippen LogP contribution in [0.3, 0.4) is 0 Å². The van der Waals surface area contributed by atoms with Crippen molar-refractivity contribution in [3.63, 3.8) is 0 Å². The topological polar surface area (TPSA) is 85.3 Å². The van der Waals surface area contributed by atoms with E-state index >= 15 is 0 Å². The van der Waals surface area contributed by atoms with Gasteiger partial charge in [-0.15, -0.1) is 10.2 Å². The molecule has 1 amide bonds. The summed E-state index contributed by atoms with van der Waals surface area (Å²) in [7, 11) is 0. The third kappa shape index (κ3) is 5.68. The molecular formula is C23H38N4O2. The average Bonchev–Trinajstić information content (AvgIpc) is 3.11. The van der Waals surface area contributed by atoms with Gasteiger partial charge < -0.3 is 15.1 Å². The Bertz CT molecular complexity index is 703. The summed E-state index contributed by atoms with van der Waals surface area (Å²) in [5.74, 6) is 3.79. The number of amides is 1. The third-order valence-corrected chi connectivity index (χ3v) is 6.94. The lowest BCUT2D eigenvalue weighted by Crippen LogP contribution is -2.43. The number of rotatable bonds is 8. The quantitative estimate of drug-likeness (QED) is 0.671. The summed E-state index contributed by atoms with van der Waals surface area (Å²) >= 11 is 0. The minimum Gasteiger partial charge on any atom is -0.425 e. The Kier molecular flexibility index (Phi) is 7.49. The predicted molar refractivity (Wildman–Crippen MR) is 114 cm³/mol. The van der Waals surface area contributed by atoms with E-state index in [9.17, 15) is 4.79 Å². The number of allylic oxidation sites excluding steroid dienone is 1. The number of nitrogens with two attached hydrogens (primary N) is 1. The molecule has 3 rings (SSSR count). The lowest BCUT2D eigenvalue weighted by molar-refractivity contribution is -0.123. The Balaban J connectivity index is 1.63. The molecule has 29 heavy (non-hydrogen) atoms. The molecule has 1 fully saturated rings. The van der Waals surface area contributed by atoms with E-state index in [0.717, 1.165) is 63.5 Å². The second kappa shape index (κ2) is 9.88. The number of primary amides is 1. The lowest BCUT2D eigenvalue weighted by atomic mass is 9.69. The Morgan fingerprint density at radius 1 is 1.28 bits per heavy atom. The minimum atomic E-state index is -0.135. The number of hydrogen-bond donors (Lipinski definition) is 1. The number of carbonyl (C=O) groups is 1. The van der Waals surface area contributed by atoms with Crippen LogP contribution in [0.25, 0.3) is 0 Å². The van der Waals surface area contributed by atoms with Gasteiger partial charge in [-0.25, -0.2) is 0 Å². The van der Waals surface area contributed by atoms with Crippen molar-refractivity contribution in [2.45, 2.75) is 66.2 Å².